The van der Waals surface area contributed by atoms with E-state index in [2.05, 4.69) is 17.3 Å². The minimum Gasteiger partial charge on any atom is -0.295 e. The molecule has 1 aliphatic rings. The van der Waals surface area contributed by atoms with Crippen LogP contribution in [0.1, 0.15) is 18.9 Å². The molecule has 1 aliphatic heterocycles. The number of aliphatic imine (C=N–C) groups is 1. The Morgan fingerprint density at radius 1 is 1.47 bits per heavy atom. The standard InChI is InChI=1S/C12H16ClN5S/c1-2-7-15-18-12(14)16-11(17(18)8-19)9-3-5-10(13)6-4-9/h3-6,8,12,15H,2,7,14H2,1H3. The SMILES string of the molecule is CCCNN1C(N)N=C(c2ccc(Cl)cc2)N1C=S. The van der Waals surface area contributed by atoms with E-state index in [1.54, 1.807) is 10.1 Å². The molecule has 0 spiro atoms. The second-order valence-electron chi connectivity index (χ2n) is 4.08. The lowest BCUT2D eigenvalue weighted by Gasteiger charge is -2.28. The molecule has 0 aromatic heterocycles. The Morgan fingerprint density at radius 2 is 2.16 bits per heavy atom. The zero-order valence-electron chi connectivity index (χ0n) is 10.6. The average Bonchev–Trinajstić information content (AvgIpc) is 2.73. The molecule has 0 saturated heterocycles. The van der Waals surface area contributed by atoms with E-state index in [0.717, 1.165) is 18.5 Å². The zero-order chi connectivity index (χ0) is 13.8. The maximum atomic E-state index is 5.99. The van der Waals surface area contributed by atoms with Gasteiger partial charge in [0.1, 0.15) is 0 Å². The maximum absolute atomic E-state index is 5.99. The molecule has 1 aromatic rings. The molecular formula is C12H16ClN5S. The summed E-state index contributed by atoms with van der Waals surface area (Å²) in [5.41, 5.74) is 11.6. The fraction of sp³-hybridized carbons (Fsp3) is 0.333. The smallest absolute Gasteiger partial charge is 0.187 e. The minimum absolute atomic E-state index is 0.489. The Kier molecular flexibility index (Phi) is 4.84. The van der Waals surface area contributed by atoms with Gasteiger partial charge in [-0.3, -0.25) is 5.73 Å². The van der Waals surface area contributed by atoms with E-state index in [0.29, 0.717) is 10.9 Å². The molecule has 0 saturated carbocycles. The van der Waals surface area contributed by atoms with Gasteiger partial charge in [0.15, 0.2) is 12.1 Å². The van der Waals surface area contributed by atoms with E-state index in [9.17, 15) is 0 Å². The molecule has 1 aromatic carbocycles. The van der Waals surface area contributed by atoms with Crippen molar-refractivity contribution in [3.05, 3.63) is 34.9 Å². The Balaban J connectivity index is 2.23. The lowest BCUT2D eigenvalue weighted by molar-refractivity contribution is 0.0290. The first-order valence-electron chi connectivity index (χ1n) is 6.04. The molecule has 0 aliphatic carbocycles. The van der Waals surface area contributed by atoms with Crippen LogP contribution in [0.5, 0.6) is 0 Å². The molecule has 1 heterocycles. The monoisotopic (exact) mass is 297 g/mol. The van der Waals surface area contributed by atoms with Crippen LogP contribution >= 0.6 is 23.8 Å². The highest BCUT2D eigenvalue weighted by atomic mass is 35.5. The Hall–Kier alpha value is -1.05. The number of halogens is 1. The zero-order valence-corrected chi connectivity index (χ0v) is 12.2. The van der Waals surface area contributed by atoms with Gasteiger partial charge in [0.25, 0.3) is 0 Å². The molecule has 0 bridgehead atoms. The topological polar surface area (TPSA) is 56.9 Å². The Bertz CT molecular complexity index is 476. The summed E-state index contributed by atoms with van der Waals surface area (Å²) in [6.45, 7) is 2.88. The van der Waals surface area contributed by atoms with Crippen molar-refractivity contribution in [2.45, 2.75) is 19.6 Å². The number of hydrogen-bond acceptors (Lipinski definition) is 5. The second kappa shape index (κ2) is 6.40. The van der Waals surface area contributed by atoms with Gasteiger partial charge in [-0.15, -0.1) is 5.12 Å². The summed E-state index contributed by atoms with van der Waals surface area (Å²) in [7, 11) is 0. The van der Waals surface area contributed by atoms with E-state index < -0.39 is 6.29 Å². The quantitative estimate of drug-likeness (QED) is 0.811. The molecule has 0 amide bonds. The maximum Gasteiger partial charge on any atom is 0.187 e. The molecule has 19 heavy (non-hydrogen) atoms. The van der Waals surface area contributed by atoms with Gasteiger partial charge in [-0.25, -0.2) is 15.4 Å². The van der Waals surface area contributed by atoms with Crippen LogP contribution in [0.3, 0.4) is 0 Å². The van der Waals surface area contributed by atoms with E-state index in [1.165, 1.54) is 5.49 Å². The van der Waals surface area contributed by atoms with Crippen LogP contribution in [0.15, 0.2) is 29.3 Å². The third-order valence-electron chi connectivity index (χ3n) is 2.68. The summed E-state index contributed by atoms with van der Waals surface area (Å²) in [4.78, 5) is 4.42. The average molecular weight is 298 g/mol. The van der Waals surface area contributed by atoms with Crippen LogP contribution in [-0.4, -0.2) is 34.3 Å². The minimum atomic E-state index is -0.489. The van der Waals surface area contributed by atoms with Crippen molar-refractivity contribution in [3.63, 3.8) is 0 Å². The summed E-state index contributed by atoms with van der Waals surface area (Å²) >= 11 is 10.9. The van der Waals surface area contributed by atoms with Crippen molar-refractivity contribution in [1.29, 1.82) is 0 Å². The first kappa shape index (κ1) is 14.4. The third kappa shape index (κ3) is 3.10. The summed E-state index contributed by atoms with van der Waals surface area (Å²) in [6, 6.07) is 7.41. The van der Waals surface area contributed by atoms with Gasteiger partial charge in [-0.2, -0.15) is 0 Å². The van der Waals surface area contributed by atoms with Gasteiger partial charge in [0.05, 0.1) is 5.49 Å². The number of nitrogens with zero attached hydrogens (tertiary/aromatic N) is 3. The number of benzene rings is 1. The second-order valence-corrected chi connectivity index (χ2v) is 4.72. The number of nitrogens with two attached hydrogens (primary N) is 1. The number of rotatable bonds is 5. The van der Waals surface area contributed by atoms with E-state index in [-0.39, 0.29) is 0 Å². The van der Waals surface area contributed by atoms with Crippen molar-refractivity contribution in [3.8, 4) is 0 Å². The van der Waals surface area contributed by atoms with E-state index >= 15 is 0 Å². The molecule has 102 valence electrons. The van der Waals surface area contributed by atoms with Gasteiger partial charge in [0, 0.05) is 17.1 Å². The predicted octanol–water partition coefficient (Wildman–Crippen LogP) is 1.73. The number of nitrogens with one attached hydrogen (secondary N) is 1. The number of amidine groups is 1. The van der Waals surface area contributed by atoms with Crippen LogP contribution in [0, 0.1) is 0 Å². The lowest BCUT2D eigenvalue weighted by Crippen LogP contribution is -2.55. The van der Waals surface area contributed by atoms with Crippen molar-refractivity contribution < 1.29 is 0 Å². The molecule has 2 rings (SSSR count). The fourth-order valence-electron chi connectivity index (χ4n) is 1.77. The number of hydrazine groups is 2. The summed E-state index contributed by atoms with van der Waals surface area (Å²) in [5, 5.41) is 4.14. The van der Waals surface area contributed by atoms with Crippen LogP contribution in [0.25, 0.3) is 0 Å². The molecule has 0 fully saturated rings. The number of hydrogen-bond donors (Lipinski definition) is 2. The first-order chi connectivity index (χ1) is 9.17. The highest BCUT2D eigenvalue weighted by molar-refractivity contribution is 7.78. The van der Waals surface area contributed by atoms with Crippen LogP contribution < -0.4 is 11.2 Å². The van der Waals surface area contributed by atoms with Crippen molar-refractivity contribution in [2.24, 2.45) is 10.7 Å². The summed E-state index contributed by atoms with van der Waals surface area (Å²) in [6.07, 6.45) is 0.501. The number of thiocarbonyl (C=S) groups is 1. The van der Waals surface area contributed by atoms with Crippen molar-refractivity contribution in [1.82, 2.24) is 15.6 Å². The largest absolute Gasteiger partial charge is 0.295 e. The molecule has 3 N–H and O–H groups in total. The Labute approximate surface area is 123 Å². The molecule has 1 atom stereocenters. The van der Waals surface area contributed by atoms with Gasteiger partial charge in [0.2, 0.25) is 0 Å². The van der Waals surface area contributed by atoms with Gasteiger partial charge in [-0.1, -0.05) is 30.7 Å². The highest BCUT2D eigenvalue weighted by Crippen LogP contribution is 2.17. The van der Waals surface area contributed by atoms with Crippen LogP contribution in [0.4, 0.5) is 0 Å². The fourth-order valence-corrected chi connectivity index (χ4v) is 2.10. The normalized spacial score (nSPS) is 19.6. The van der Waals surface area contributed by atoms with E-state index in [4.69, 9.17) is 29.6 Å². The molecule has 0 radical (unpaired) electrons. The van der Waals surface area contributed by atoms with Gasteiger partial charge < -0.3 is 0 Å². The van der Waals surface area contributed by atoms with Crippen molar-refractivity contribution >= 4 is 35.1 Å². The first-order valence-corrected chi connectivity index (χ1v) is 6.88. The molecular weight excluding hydrogens is 282 g/mol. The van der Waals surface area contributed by atoms with Gasteiger partial charge >= 0.3 is 0 Å². The van der Waals surface area contributed by atoms with Crippen LogP contribution in [-0.2, 0) is 0 Å². The molecule has 1 unspecified atom stereocenters. The molecule has 7 heteroatoms. The summed E-state index contributed by atoms with van der Waals surface area (Å²) < 4.78 is 0. The van der Waals surface area contributed by atoms with E-state index in [1.807, 2.05) is 24.3 Å². The van der Waals surface area contributed by atoms with Crippen LogP contribution in [0.2, 0.25) is 5.02 Å². The van der Waals surface area contributed by atoms with Crippen molar-refractivity contribution in [2.75, 3.05) is 6.54 Å². The predicted molar refractivity (Wildman–Crippen MR) is 81.6 cm³/mol. The lowest BCUT2D eigenvalue weighted by atomic mass is 10.2. The van der Waals surface area contributed by atoms with Gasteiger partial charge in [-0.05, 0) is 30.7 Å². The Morgan fingerprint density at radius 3 is 2.74 bits per heavy atom. The summed E-state index contributed by atoms with van der Waals surface area (Å²) in [5.74, 6) is 0.711. The molecule has 5 nitrogen and oxygen atoms in total. The third-order valence-corrected chi connectivity index (χ3v) is 3.13. The highest BCUT2D eigenvalue weighted by Gasteiger charge is 2.30.